The molecule has 0 atom stereocenters. The van der Waals surface area contributed by atoms with E-state index in [1.165, 1.54) is 0 Å². The molecule has 8 heteroatoms. The standard InChI is InChI=1S/C26H28Cl2N2O4/c1-4-34-22-10-8-21(9-11-22)29-26(31)30(14-13-19-6-7-20(27)16-23(19)28)17-18-5-12-24(32-2)25(15-18)33-3/h5-12,15-16H,4,13-14,17H2,1-3H3,(H,29,31). The van der Waals surface area contributed by atoms with Crippen LogP contribution in [0.3, 0.4) is 0 Å². The first-order valence-electron chi connectivity index (χ1n) is 10.9. The summed E-state index contributed by atoms with van der Waals surface area (Å²) in [4.78, 5) is 15.0. The molecule has 0 bridgehead atoms. The molecule has 0 saturated heterocycles. The highest BCUT2D eigenvalue weighted by Crippen LogP contribution is 2.28. The molecular formula is C26H28Cl2N2O4. The Balaban J connectivity index is 1.79. The Kier molecular flexibility index (Phi) is 9.31. The SMILES string of the molecule is CCOc1ccc(NC(=O)N(CCc2ccc(Cl)cc2Cl)Cc2ccc(OC)c(OC)c2)cc1. The second kappa shape index (κ2) is 12.4. The molecule has 3 aromatic rings. The van der Waals surface area contributed by atoms with Gasteiger partial charge in [0.15, 0.2) is 11.5 Å². The van der Waals surface area contributed by atoms with E-state index in [0.29, 0.717) is 53.3 Å². The van der Waals surface area contributed by atoms with Crippen molar-refractivity contribution in [2.24, 2.45) is 0 Å². The number of urea groups is 1. The van der Waals surface area contributed by atoms with Gasteiger partial charge in [-0.05, 0) is 73.0 Å². The first-order chi connectivity index (χ1) is 16.4. The molecule has 0 spiro atoms. The predicted molar refractivity (Wildman–Crippen MR) is 137 cm³/mol. The minimum atomic E-state index is -0.232. The minimum absolute atomic E-state index is 0.232. The van der Waals surface area contributed by atoms with Gasteiger partial charge in [0.2, 0.25) is 0 Å². The Bertz CT molecular complexity index is 1110. The van der Waals surface area contributed by atoms with Crippen molar-refractivity contribution in [3.8, 4) is 17.2 Å². The average Bonchev–Trinajstić information content (AvgIpc) is 2.83. The van der Waals surface area contributed by atoms with Crippen molar-refractivity contribution < 1.29 is 19.0 Å². The number of ether oxygens (including phenoxy) is 3. The molecule has 34 heavy (non-hydrogen) atoms. The number of hydrogen-bond donors (Lipinski definition) is 1. The van der Waals surface area contributed by atoms with Crippen LogP contribution in [-0.2, 0) is 13.0 Å². The van der Waals surface area contributed by atoms with Crippen molar-refractivity contribution in [3.63, 3.8) is 0 Å². The molecule has 3 aromatic carbocycles. The van der Waals surface area contributed by atoms with E-state index in [-0.39, 0.29) is 6.03 Å². The summed E-state index contributed by atoms with van der Waals surface area (Å²) in [5.74, 6) is 1.98. The normalized spacial score (nSPS) is 10.5. The highest BCUT2D eigenvalue weighted by Gasteiger charge is 2.17. The molecule has 0 aromatic heterocycles. The summed E-state index contributed by atoms with van der Waals surface area (Å²) >= 11 is 12.4. The topological polar surface area (TPSA) is 60.0 Å². The first kappa shape index (κ1) is 25.5. The molecule has 180 valence electrons. The van der Waals surface area contributed by atoms with E-state index >= 15 is 0 Å². The van der Waals surface area contributed by atoms with Crippen molar-refractivity contribution in [2.75, 3.05) is 32.7 Å². The molecule has 0 aliphatic carbocycles. The van der Waals surface area contributed by atoms with Crippen LogP contribution < -0.4 is 19.5 Å². The highest BCUT2D eigenvalue weighted by molar-refractivity contribution is 6.35. The summed E-state index contributed by atoms with van der Waals surface area (Å²) in [5.41, 5.74) is 2.49. The van der Waals surface area contributed by atoms with Crippen LogP contribution in [0.4, 0.5) is 10.5 Å². The van der Waals surface area contributed by atoms with Gasteiger partial charge in [-0.25, -0.2) is 4.79 Å². The van der Waals surface area contributed by atoms with Gasteiger partial charge in [-0.2, -0.15) is 0 Å². The molecule has 6 nitrogen and oxygen atoms in total. The monoisotopic (exact) mass is 502 g/mol. The van der Waals surface area contributed by atoms with E-state index in [2.05, 4.69) is 5.32 Å². The quantitative estimate of drug-likeness (QED) is 0.335. The number of nitrogens with zero attached hydrogens (tertiary/aromatic N) is 1. The van der Waals surface area contributed by atoms with E-state index in [1.54, 1.807) is 31.3 Å². The fourth-order valence-electron chi connectivity index (χ4n) is 3.44. The number of hydrogen-bond acceptors (Lipinski definition) is 4. The molecule has 0 heterocycles. The van der Waals surface area contributed by atoms with Crippen LogP contribution in [0, 0.1) is 0 Å². The number of carbonyl (C=O) groups excluding carboxylic acids is 1. The lowest BCUT2D eigenvalue weighted by atomic mass is 10.1. The van der Waals surface area contributed by atoms with E-state index < -0.39 is 0 Å². The van der Waals surface area contributed by atoms with Gasteiger partial charge in [0.25, 0.3) is 0 Å². The summed E-state index contributed by atoms with van der Waals surface area (Å²) in [5, 5.41) is 4.11. The Labute approximate surface area is 210 Å². The van der Waals surface area contributed by atoms with Crippen molar-refractivity contribution in [1.29, 1.82) is 0 Å². The van der Waals surface area contributed by atoms with E-state index in [1.807, 2.05) is 55.5 Å². The second-order valence-corrected chi connectivity index (χ2v) is 8.33. The summed E-state index contributed by atoms with van der Waals surface area (Å²) < 4.78 is 16.2. The molecule has 0 aliphatic rings. The number of amides is 2. The van der Waals surface area contributed by atoms with Gasteiger partial charge in [-0.1, -0.05) is 35.3 Å². The Morgan fingerprint density at radius 2 is 1.68 bits per heavy atom. The van der Waals surface area contributed by atoms with Gasteiger partial charge in [-0.15, -0.1) is 0 Å². The summed E-state index contributed by atoms with van der Waals surface area (Å²) in [6.45, 7) is 3.32. The number of anilines is 1. The zero-order valence-corrected chi connectivity index (χ0v) is 20.9. The van der Waals surface area contributed by atoms with E-state index in [4.69, 9.17) is 37.4 Å². The summed E-state index contributed by atoms with van der Waals surface area (Å²) in [6.07, 6.45) is 0.569. The third-order valence-corrected chi connectivity index (χ3v) is 5.78. The van der Waals surface area contributed by atoms with Crippen LogP contribution in [-0.4, -0.2) is 38.3 Å². The summed E-state index contributed by atoms with van der Waals surface area (Å²) in [6, 6.07) is 18.0. The van der Waals surface area contributed by atoms with Crippen LogP contribution in [0.1, 0.15) is 18.1 Å². The Morgan fingerprint density at radius 1 is 0.941 bits per heavy atom. The number of methoxy groups -OCH3 is 2. The molecule has 0 saturated carbocycles. The molecule has 1 N–H and O–H groups in total. The maximum atomic E-state index is 13.2. The van der Waals surface area contributed by atoms with Crippen LogP contribution >= 0.6 is 23.2 Å². The average molecular weight is 503 g/mol. The number of carbonyl (C=O) groups is 1. The summed E-state index contributed by atoms with van der Waals surface area (Å²) in [7, 11) is 3.17. The zero-order chi connectivity index (χ0) is 24.5. The maximum absolute atomic E-state index is 13.2. The minimum Gasteiger partial charge on any atom is -0.494 e. The fourth-order valence-corrected chi connectivity index (χ4v) is 3.94. The first-order valence-corrected chi connectivity index (χ1v) is 11.6. The number of benzene rings is 3. The lowest BCUT2D eigenvalue weighted by Crippen LogP contribution is -2.36. The predicted octanol–water partition coefficient (Wildman–Crippen LogP) is 6.69. The van der Waals surface area contributed by atoms with Gasteiger partial charge in [0.1, 0.15) is 5.75 Å². The van der Waals surface area contributed by atoms with E-state index in [9.17, 15) is 4.79 Å². The van der Waals surface area contributed by atoms with Crippen LogP contribution in [0.15, 0.2) is 60.7 Å². The third kappa shape index (κ3) is 6.95. The molecule has 2 amide bonds. The van der Waals surface area contributed by atoms with E-state index in [0.717, 1.165) is 16.9 Å². The number of halogens is 2. The molecule has 0 aliphatic heterocycles. The maximum Gasteiger partial charge on any atom is 0.322 e. The molecular weight excluding hydrogens is 475 g/mol. The molecule has 0 fully saturated rings. The molecule has 3 rings (SSSR count). The fraction of sp³-hybridized carbons (Fsp3) is 0.269. The van der Waals surface area contributed by atoms with Crippen LogP contribution in [0.25, 0.3) is 0 Å². The highest BCUT2D eigenvalue weighted by atomic mass is 35.5. The van der Waals surface area contributed by atoms with Gasteiger partial charge in [0, 0.05) is 28.8 Å². The smallest absolute Gasteiger partial charge is 0.322 e. The van der Waals surface area contributed by atoms with Crippen molar-refractivity contribution in [3.05, 3.63) is 81.8 Å². The molecule has 0 unspecified atom stereocenters. The van der Waals surface area contributed by atoms with Gasteiger partial charge >= 0.3 is 6.03 Å². The van der Waals surface area contributed by atoms with Crippen LogP contribution in [0.5, 0.6) is 17.2 Å². The zero-order valence-electron chi connectivity index (χ0n) is 19.4. The van der Waals surface area contributed by atoms with Crippen molar-refractivity contribution in [1.82, 2.24) is 4.90 Å². The number of rotatable bonds is 10. The third-order valence-electron chi connectivity index (χ3n) is 5.19. The van der Waals surface area contributed by atoms with Crippen molar-refractivity contribution in [2.45, 2.75) is 19.9 Å². The van der Waals surface area contributed by atoms with Gasteiger partial charge in [-0.3, -0.25) is 0 Å². The lowest BCUT2D eigenvalue weighted by Gasteiger charge is -2.24. The largest absolute Gasteiger partial charge is 0.494 e. The van der Waals surface area contributed by atoms with Gasteiger partial charge < -0.3 is 24.4 Å². The second-order valence-electron chi connectivity index (χ2n) is 7.48. The lowest BCUT2D eigenvalue weighted by molar-refractivity contribution is 0.209. The van der Waals surface area contributed by atoms with Gasteiger partial charge in [0.05, 0.1) is 20.8 Å². The van der Waals surface area contributed by atoms with Crippen LogP contribution in [0.2, 0.25) is 10.0 Å². The van der Waals surface area contributed by atoms with Crippen molar-refractivity contribution >= 4 is 34.9 Å². The Morgan fingerprint density at radius 3 is 2.32 bits per heavy atom. The number of nitrogens with one attached hydrogen (secondary N) is 1. The Hall–Kier alpha value is -3.09. The molecule has 0 radical (unpaired) electrons.